The average molecular weight is 446 g/mol. The number of halogens is 1. The SMILES string of the molecule is Cc1nc(/C(N)=C(\CNc2noc(CC3CC3)n2)N(C)N)c(F)cc1OC1CCCCC1. The second-order valence-electron chi connectivity index (χ2n) is 8.76. The summed E-state index contributed by atoms with van der Waals surface area (Å²) in [6.45, 7) is 1.97. The molecule has 0 saturated heterocycles. The van der Waals surface area contributed by atoms with Gasteiger partial charge in [-0.25, -0.2) is 15.2 Å². The Morgan fingerprint density at radius 1 is 1.25 bits per heavy atom. The number of nitrogens with one attached hydrogen (secondary N) is 1. The van der Waals surface area contributed by atoms with Crippen molar-refractivity contribution in [1.82, 2.24) is 20.1 Å². The van der Waals surface area contributed by atoms with Crippen molar-refractivity contribution in [2.75, 3.05) is 18.9 Å². The minimum absolute atomic E-state index is 0.0372. The molecule has 0 unspecified atom stereocenters. The van der Waals surface area contributed by atoms with Gasteiger partial charge in [-0.2, -0.15) is 4.98 Å². The van der Waals surface area contributed by atoms with E-state index in [4.69, 9.17) is 20.8 Å². The van der Waals surface area contributed by atoms with E-state index in [1.807, 2.05) is 0 Å². The van der Waals surface area contributed by atoms with Crippen LogP contribution in [0.5, 0.6) is 5.75 Å². The van der Waals surface area contributed by atoms with Crippen LogP contribution in [0.4, 0.5) is 10.3 Å². The molecule has 2 aliphatic carbocycles. The fraction of sp³-hybridized carbons (Fsp3) is 0.591. The predicted molar refractivity (Wildman–Crippen MR) is 119 cm³/mol. The van der Waals surface area contributed by atoms with Gasteiger partial charge in [0.25, 0.3) is 5.95 Å². The van der Waals surface area contributed by atoms with Crippen LogP contribution >= 0.6 is 0 Å². The van der Waals surface area contributed by atoms with Crippen molar-refractivity contribution < 1.29 is 13.7 Å². The van der Waals surface area contributed by atoms with E-state index in [2.05, 4.69) is 20.4 Å². The van der Waals surface area contributed by atoms with E-state index in [-0.39, 0.29) is 24.0 Å². The molecule has 32 heavy (non-hydrogen) atoms. The van der Waals surface area contributed by atoms with Gasteiger partial charge in [0.2, 0.25) is 5.89 Å². The standard InChI is InChI=1S/C22H32FN7O2/c1-13-18(31-15-6-4-3-5-7-15)11-16(23)21(27-13)20(24)17(30(2)25)12-26-22-28-19(32-29-22)10-14-8-9-14/h11,14-15H,3-10,12,24-25H2,1-2H3,(H,26,29)/b20-17-. The third kappa shape index (κ3) is 5.48. The topological polar surface area (TPSA) is 128 Å². The van der Waals surface area contributed by atoms with Gasteiger partial charge in [0.15, 0.2) is 5.82 Å². The molecule has 0 spiro atoms. The predicted octanol–water partition coefficient (Wildman–Crippen LogP) is 3.12. The Kier molecular flexibility index (Phi) is 6.78. The number of aryl methyl sites for hydroxylation is 1. The highest BCUT2D eigenvalue weighted by molar-refractivity contribution is 5.64. The highest BCUT2D eigenvalue weighted by Gasteiger charge is 2.25. The van der Waals surface area contributed by atoms with Gasteiger partial charge in [-0.3, -0.25) is 0 Å². The maximum absolute atomic E-state index is 15.0. The number of hydrazine groups is 1. The molecule has 2 heterocycles. The van der Waals surface area contributed by atoms with E-state index in [0.29, 0.717) is 34.9 Å². The third-order valence-electron chi connectivity index (χ3n) is 6.00. The fourth-order valence-corrected chi connectivity index (χ4v) is 3.92. The largest absolute Gasteiger partial charge is 0.488 e. The van der Waals surface area contributed by atoms with E-state index >= 15 is 0 Å². The van der Waals surface area contributed by atoms with Crippen molar-refractivity contribution in [2.45, 2.75) is 64.4 Å². The van der Waals surface area contributed by atoms with Gasteiger partial charge in [-0.15, -0.1) is 0 Å². The van der Waals surface area contributed by atoms with E-state index < -0.39 is 5.82 Å². The maximum atomic E-state index is 15.0. The molecule has 174 valence electrons. The van der Waals surface area contributed by atoms with Crippen LogP contribution in [0.1, 0.15) is 62.2 Å². The number of nitrogens with zero attached hydrogens (tertiary/aromatic N) is 4. The van der Waals surface area contributed by atoms with Crippen molar-refractivity contribution in [3.63, 3.8) is 0 Å². The van der Waals surface area contributed by atoms with Gasteiger partial charge in [-0.05, 0) is 56.5 Å². The van der Waals surface area contributed by atoms with E-state index in [0.717, 1.165) is 32.1 Å². The molecular weight excluding hydrogens is 413 g/mol. The van der Waals surface area contributed by atoms with Crippen molar-refractivity contribution in [3.8, 4) is 5.75 Å². The lowest BCUT2D eigenvalue weighted by Gasteiger charge is -2.24. The molecule has 0 amide bonds. The summed E-state index contributed by atoms with van der Waals surface area (Å²) in [5, 5.41) is 8.30. The van der Waals surface area contributed by atoms with Crippen LogP contribution in [0.25, 0.3) is 5.70 Å². The number of aromatic nitrogens is 3. The van der Waals surface area contributed by atoms with Gasteiger partial charge in [0.1, 0.15) is 11.4 Å². The fourth-order valence-electron chi connectivity index (χ4n) is 3.92. The van der Waals surface area contributed by atoms with E-state index in [1.165, 1.54) is 30.3 Å². The van der Waals surface area contributed by atoms with Crippen molar-refractivity contribution in [1.29, 1.82) is 0 Å². The Hall–Kier alpha value is -2.88. The van der Waals surface area contributed by atoms with Gasteiger partial charge >= 0.3 is 0 Å². The van der Waals surface area contributed by atoms with Crippen LogP contribution in [0.2, 0.25) is 0 Å². The molecule has 0 aliphatic heterocycles. The molecule has 4 rings (SSSR count). The molecule has 0 radical (unpaired) electrons. The molecule has 0 atom stereocenters. The summed E-state index contributed by atoms with van der Waals surface area (Å²) < 4.78 is 26.3. The van der Waals surface area contributed by atoms with Crippen LogP contribution in [-0.4, -0.2) is 39.8 Å². The number of rotatable bonds is 9. The van der Waals surface area contributed by atoms with Crippen LogP contribution in [0.3, 0.4) is 0 Å². The molecule has 2 aromatic rings. The number of pyridine rings is 1. The van der Waals surface area contributed by atoms with Gasteiger partial charge in [-0.1, -0.05) is 6.42 Å². The summed E-state index contributed by atoms with van der Waals surface area (Å²) in [6, 6.07) is 1.37. The molecule has 5 N–H and O–H groups in total. The summed E-state index contributed by atoms with van der Waals surface area (Å²) in [5.74, 6) is 7.47. The molecule has 2 fully saturated rings. The normalized spacial score (nSPS) is 17.8. The Bertz CT molecular complexity index is 965. The van der Waals surface area contributed by atoms with Crippen molar-refractivity contribution in [2.24, 2.45) is 17.5 Å². The summed E-state index contributed by atoms with van der Waals surface area (Å²) in [7, 11) is 1.63. The highest BCUT2D eigenvalue weighted by atomic mass is 19.1. The number of ether oxygens (including phenoxy) is 1. The Morgan fingerprint density at radius 3 is 2.69 bits per heavy atom. The van der Waals surface area contributed by atoms with Crippen molar-refractivity contribution >= 4 is 11.6 Å². The maximum Gasteiger partial charge on any atom is 0.263 e. The number of likely N-dealkylation sites (N-methyl/N-ethyl adjacent to an activating group) is 1. The molecule has 0 bridgehead atoms. The minimum atomic E-state index is -0.551. The van der Waals surface area contributed by atoms with Crippen molar-refractivity contribution in [3.05, 3.63) is 34.9 Å². The molecular formula is C22H32FN7O2. The van der Waals surface area contributed by atoms with Crippen LogP contribution in [0.15, 0.2) is 16.3 Å². The average Bonchev–Trinajstić information content (AvgIpc) is 3.47. The van der Waals surface area contributed by atoms with Crippen LogP contribution in [0, 0.1) is 18.7 Å². The zero-order valence-electron chi connectivity index (χ0n) is 18.7. The summed E-state index contributed by atoms with van der Waals surface area (Å²) in [6.07, 6.45) is 8.76. The molecule has 9 nitrogen and oxygen atoms in total. The number of nitrogens with two attached hydrogens (primary N) is 2. The number of hydrogen-bond donors (Lipinski definition) is 3. The lowest BCUT2D eigenvalue weighted by molar-refractivity contribution is 0.152. The highest BCUT2D eigenvalue weighted by Crippen LogP contribution is 2.32. The van der Waals surface area contributed by atoms with Gasteiger partial charge in [0.05, 0.1) is 29.7 Å². The minimum Gasteiger partial charge on any atom is -0.488 e. The second kappa shape index (κ2) is 9.72. The van der Waals surface area contributed by atoms with E-state index in [9.17, 15) is 4.39 Å². The summed E-state index contributed by atoms with van der Waals surface area (Å²) in [5.41, 5.74) is 7.51. The summed E-state index contributed by atoms with van der Waals surface area (Å²) >= 11 is 0. The van der Waals surface area contributed by atoms with Crippen LogP contribution in [-0.2, 0) is 6.42 Å². The number of anilines is 1. The number of hydrogen-bond acceptors (Lipinski definition) is 9. The first-order valence-corrected chi connectivity index (χ1v) is 11.3. The lowest BCUT2D eigenvalue weighted by Crippen LogP contribution is -2.32. The first-order valence-electron chi connectivity index (χ1n) is 11.3. The Balaban J connectivity index is 1.48. The summed E-state index contributed by atoms with van der Waals surface area (Å²) in [4.78, 5) is 8.73. The van der Waals surface area contributed by atoms with Crippen LogP contribution < -0.4 is 21.6 Å². The first-order chi connectivity index (χ1) is 15.4. The molecule has 0 aromatic carbocycles. The molecule has 2 saturated carbocycles. The zero-order valence-corrected chi connectivity index (χ0v) is 18.7. The van der Waals surface area contributed by atoms with Gasteiger partial charge in [0, 0.05) is 19.5 Å². The monoisotopic (exact) mass is 445 g/mol. The Labute approximate surface area is 187 Å². The second-order valence-corrected chi connectivity index (χ2v) is 8.76. The smallest absolute Gasteiger partial charge is 0.263 e. The molecule has 2 aliphatic rings. The quantitative estimate of drug-likeness (QED) is 0.394. The van der Waals surface area contributed by atoms with E-state index in [1.54, 1.807) is 14.0 Å². The zero-order chi connectivity index (χ0) is 22.7. The molecule has 10 heteroatoms. The third-order valence-corrected chi connectivity index (χ3v) is 6.00. The lowest BCUT2D eigenvalue weighted by atomic mass is 9.98. The van der Waals surface area contributed by atoms with Gasteiger partial charge < -0.3 is 25.3 Å². The molecule has 2 aromatic heterocycles. The first kappa shape index (κ1) is 22.3. The Morgan fingerprint density at radius 2 is 2.00 bits per heavy atom.